The van der Waals surface area contributed by atoms with E-state index in [9.17, 15) is 8.42 Å². The van der Waals surface area contributed by atoms with Gasteiger partial charge in [0, 0.05) is 5.25 Å². The second-order valence-electron chi connectivity index (χ2n) is 2.76. The molecule has 0 radical (unpaired) electrons. The monoisotopic (exact) mass is 164 g/mol. The van der Waals surface area contributed by atoms with Gasteiger partial charge in [-0.25, -0.2) is 8.42 Å². The van der Waals surface area contributed by atoms with Gasteiger partial charge in [-0.05, 0) is 0 Å². The molecule has 0 saturated carbocycles. The molecule has 0 aliphatic rings. The van der Waals surface area contributed by atoms with Crippen molar-refractivity contribution in [1.29, 1.82) is 0 Å². The summed E-state index contributed by atoms with van der Waals surface area (Å²) < 4.78 is 25.5. The van der Waals surface area contributed by atoms with Crippen LogP contribution >= 0.6 is 0 Å². The van der Waals surface area contributed by atoms with E-state index in [1.165, 1.54) is 0 Å². The van der Waals surface area contributed by atoms with Crippen LogP contribution in [-0.2, 0) is 10.0 Å². The highest BCUT2D eigenvalue weighted by atomic mass is 32.2. The van der Waals surface area contributed by atoms with Gasteiger partial charge >= 0.3 is 0 Å². The van der Waals surface area contributed by atoms with E-state index >= 15 is 0 Å². The van der Waals surface area contributed by atoms with Crippen LogP contribution in [0.3, 0.4) is 0 Å². The molecule has 0 heterocycles. The average molecular weight is 164 g/mol. The van der Waals surface area contributed by atoms with E-state index in [1.54, 1.807) is 27.7 Å². The number of hydrogen-bond acceptors (Lipinski definition) is 2. The lowest BCUT2D eigenvalue weighted by Crippen LogP contribution is -2.15. The van der Waals surface area contributed by atoms with Crippen LogP contribution in [0.15, 0.2) is 0 Å². The van der Waals surface area contributed by atoms with Crippen molar-refractivity contribution in [3.63, 3.8) is 0 Å². The molecular weight excluding hydrogens is 150 g/mol. The van der Waals surface area contributed by atoms with Crippen molar-refractivity contribution >= 4 is 10.0 Å². The summed E-state index contributed by atoms with van der Waals surface area (Å²) in [6.07, 6.45) is 0. The van der Waals surface area contributed by atoms with Gasteiger partial charge in [0.1, 0.15) is 0 Å². The first-order valence-corrected chi connectivity index (χ1v) is 4.82. The van der Waals surface area contributed by atoms with Gasteiger partial charge in [0.25, 0.3) is 0 Å². The molecule has 0 saturated heterocycles. The highest BCUT2D eigenvalue weighted by Gasteiger charge is 2.04. The molecular formula is C6H14NO2S-. The van der Waals surface area contributed by atoms with Crippen LogP contribution < -0.4 is 0 Å². The molecule has 0 aliphatic heterocycles. The van der Waals surface area contributed by atoms with Gasteiger partial charge in [0.05, 0.1) is 10.0 Å². The standard InChI is InChI=1S/C6H14NO2S/c1-5(2)7-10(8,9)6(3)4/h5-6H,1-4H3/q-1. The molecule has 0 aromatic heterocycles. The molecule has 0 fully saturated rings. The van der Waals surface area contributed by atoms with Gasteiger partial charge in [-0.3, -0.25) is 0 Å². The third-order valence-corrected chi connectivity index (χ3v) is 2.86. The van der Waals surface area contributed by atoms with E-state index in [4.69, 9.17) is 0 Å². The SMILES string of the molecule is CC(C)[N-]S(=O)(=O)C(C)C. The van der Waals surface area contributed by atoms with Crippen LogP contribution in [0.25, 0.3) is 4.72 Å². The van der Waals surface area contributed by atoms with E-state index in [1.807, 2.05) is 0 Å². The molecule has 0 aromatic rings. The predicted molar refractivity (Wildman–Crippen MR) is 42.6 cm³/mol. The maximum absolute atomic E-state index is 11.0. The average Bonchev–Trinajstić information content (AvgIpc) is 1.60. The minimum Gasteiger partial charge on any atom is -0.546 e. The summed E-state index contributed by atoms with van der Waals surface area (Å²) in [5.74, 6) is 0. The Kier molecular flexibility index (Phi) is 3.31. The van der Waals surface area contributed by atoms with Crippen molar-refractivity contribution in [2.24, 2.45) is 0 Å². The third kappa shape index (κ3) is 3.17. The Hall–Kier alpha value is -0.0900. The first kappa shape index (κ1) is 9.91. The van der Waals surface area contributed by atoms with Crippen LogP contribution in [0.2, 0.25) is 0 Å². The lowest BCUT2D eigenvalue weighted by atomic mass is 10.4. The van der Waals surface area contributed by atoms with Gasteiger partial charge in [-0.15, -0.1) is 6.04 Å². The van der Waals surface area contributed by atoms with Gasteiger partial charge in [0.15, 0.2) is 0 Å². The fourth-order valence-corrected chi connectivity index (χ4v) is 1.25. The zero-order valence-corrected chi connectivity index (χ0v) is 7.64. The van der Waals surface area contributed by atoms with E-state index in [0.717, 1.165) is 0 Å². The first-order chi connectivity index (χ1) is 4.36. The quantitative estimate of drug-likeness (QED) is 0.634. The largest absolute Gasteiger partial charge is 0.546 e. The molecule has 4 heteroatoms. The Morgan fingerprint density at radius 3 is 1.60 bits per heavy atom. The van der Waals surface area contributed by atoms with Crippen LogP contribution in [0.5, 0.6) is 0 Å². The molecule has 0 amide bonds. The lowest BCUT2D eigenvalue weighted by Gasteiger charge is -2.26. The summed E-state index contributed by atoms with van der Waals surface area (Å²) in [4.78, 5) is 0. The Labute approximate surface area is 62.9 Å². The Balaban J connectivity index is 4.16. The van der Waals surface area contributed by atoms with Gasteiger partial charge in [-0.1, -0.05) is 27.7 Å². The maximum Gasteiger partial charge on any atom is 0.0747 e. The second-order valence-corrected chi connectivity index (χ2v) is 4.95. The number of rotatable bonds is 3. The van der Waals surface area contributed by atoms with Crippen molar-refractivity contribution in [3.05, 3.63) is 4.72 Å². The molecule has 3 nitrogen and oxygen atoms in total. The van der Waals surface area contributed by atoms with Crippen LogP contribution in [0, 0.1) is 0 Å². The molecule has 0 unspecified atom stereocenters. The first-order valence-electron chi connectivity index (χ1n) is 3.32. The normalized spacial score (nSPS) is 13.0. The van der Waals surface area contributed by atoms with E-state index in [2.05, 4.69) is 4.72 Å². The molecule has 0 rings (SSSR count). The molecule has 62 valence electrons. The molecule has 0 aliphatic carbocycles. The van der Waals surface area contributed by atoms with Crippen molar-refractivity contribution in [2.75, 3.05) is 0 Å². The molecule has 0 aromatic carbocycles. The summed E-state index contributed by atoms with van der Waals surface area (Å²) >= 11 is 0. The smallest absolute Gasteiger partial charge is 0.0747 e. The minimum atomic E-state index is -3.17. The number of nitrogens with zero attached hydrogens (tertiary/aromatic N) is 1. The predicted octanol–water partition coefficient (Wildman–Crippen LogP) is 1.51. The minimum absolute atomic E-state index is 0.132. The summed E-state index contributed by atoms with van der Waals surface area (Å²) in [7, 11) is -3.17. The third-order valence-electron chi connectivity index (χ3n) is 0.953. The highest BCUT2D eigenvalue weighted by molar-refractivity contribution is 7.94. The fraction of sp³-hybridized carbons (Fsp3) is 1.00. The van der Waals surface area contributed by atoms with Gasteiger partial charge in [0.2, 0.25) is 0 Å². The zero-order valence-electron chi connectivity index (χ0n) is 6.83. The zero-order chi connectivity index (χ0) is 8.36. The van der Waals surface area contributed by atoms with Crippen molar-refractivity contribution in [1.82, 2.24) is 0 Å². The van der Waals surface area contributed by atoms with Crippen molar-refractivity contribution < 1.29 is 8.42 Å². The van der Waals surface area contributed by atoms with Crippen molar-refractivity contribution in [2.45, 2.75) is 39.0 Å². The van der Waals surface area contributed by atoms with E-state index in [-0.39, 0.29) is 6.04 Å². The maximum atomic E-state index is 11.0. The van der Waals surface area contributed by atoms with Gasteiger partial charge < -0.3 is 4.72 Å². The van der Waals surface area contributed by atoms with Crippen LogP contribution in [0.4, 0.5) is 0 Å². The Bertz CT molecular complexity index is 182. The number of hydrogen-bond donors (Lipinski definition) is 0. The topological polar surface area (TPSA) is 48.2 Å². The Morgan fingerprint density at radius 1 is 1.10 bits per heavy atom. The summed E-state index contributed by atoms with van der Waals surface area (Å²) in [5, 5.41) is -0.394. The second kappa shape index (κ2) is 3.34. The highest BCUT2D eigenvalue weighted by Crippen LogP contribution is 2.12. The summed E-state index contributed by atoms with van der Waals surface area (Å²) in [5.41, 5.74) is 0. The molecule has 10 heavy (non-hydrogen) atoms. The van der Waals surface area contributed by atoms with Crippen LogP contribution in [-0.4, -0.2) is 19.7 Å². The fourth-order valence-electron chi connectivity index (χ4n) is 0.416. The van der Waals surface area contributed by atoms with Crippen LogP contribution in [0.1, 0.15) is 27.7 Å². The summed E-state index contributed by atoms with van der Waals surface area (Å²) in [6, 6.07) is -0.132. The summed E-state index contributed by atoms with van der Waals surface area (Å²) in [6.45, 7) is 6.75. The van der Waals surface area contributed by atoms with E-state index < -0.39 is 15.3 Å². The lowest BCUT2D eigenvalue weighted by molar-refractivity contribution is 0.591. The van der Waals surface area contributed by atoms with E-state index in [0.29, 0.717) is 0 Å². The van der Waals surface area contributed by atoms with Crippen molar-refractivity contribution in [3.8, 4) is 0 Å². The molecule has 0 N–H and O–H groups in total. The molecule has 0 atom stereocenters. The Morgan fingerprint density at radius 2 is 1.50 bits per heavy atom. The van der Waals surface area contributed by atoms with Gasteiger partial charge in [-0.2, -0.15) is 0 Å². The molecule has 0 spiro atoms. The number of sulfonamides is 1. The molecule has 0 bridgehead atoms.